The van der Waals surface area contributed by atoms with Crippen molar-refractivity contribution in [2.24, 2.45) is 11.8 Å². The molecule has 1 aliphatic carbocycles. The van der Waals surface area contributed by atoms with Crippen LogP contribution in [0.3, 0.4) is 0 Å². The fraction of sp³-hybridized carbons (Fsp3) is 0.615. The molecule has 1 heterocycles. The van der Waals surface area contributed by atoms with Crippen molar-refractivity contribution in [3.63, 3.8) is 0 Å². The Hall–Kier alpha value is -1.85. The minimum Gasteiger partial charge on any atom is -0.360 e. The highest BCUT2D eigenvalue weighted by atomic mass is 16.5. The summed E-state index contributed by atoms with van der Waals surface area (Å²) in [6, 6.07) is 1.65. The van der Waals surface area contributed by atoms with Gasteiger partial charge in [0.15, 0.2) is 5.82 Å². The third kappa shape index (κ3) is 3.56. The van der Waals surface area contributed by atoms with Crippen LogP contribution in [0.2, 0.25) is 0 Å². The summed E-state index contributed by atoms with van der Waals surface area (Å²) in [6.45, 7) is 4.51. The zero-order valence-corrected chi connectivity index (χ0v) is 11.2. The summed E-state index contributed by atoms with van der Waals surface area (Å²) >= 11 is 0. The molecule has 2 atom stereocenters. The molecule has 0 aliphatic heterocycles. The van der Waals surface area contributed by atoms with Crippen molar-refractivity contribution in [1.82, 2.24) is 10.5 Å². The molecule has 2 rings (SSSR count). The summed E-state index contributed by atoms with van der Waals surface area (Å²) in [5, 5.41) is 9.19. The summed E-state index contributed by atoms with van der Waals surface area (Å²) in [5.74, 6) is 0.428. The fourth-order valence-electron chi connectivity index (χ4n) is 1.94. The molecule has 0 radical (unpaired) electrons. The van der Waals surface area contributed by atoms with Crippen LogP contribution in [0.1, 0.15) is 31.9 Å². The quantitative estimate of drug-likeness (QED) is 0.763. The van der Waals surface area contributed by atoms with E-state index in [4.69, 9.17) is 4.52 Å². The van der Waals surface area contributed by atoms with E-state index in [9.17, 15) is 9.59 Å². The van der Waals surface area contributed by atoms with E-state index in [2.05, 4.69) is 22.7 Å². The third-order valence-electron chi connectivity index (χ3n) is 3.17. The molecule has 0 saturated heterocycles. The number of unbranched alkanes of at least 4 members (excludes halogenated alkanes) is 1. The molecule has 2 amide bonds. The van der Waals surface area contributed by atoms with Crippen LogP contribution < -0.4 is 10.6 Å². The van der Waals surface area contributed by atoms with E-state index in [1.54, 1.807) is 13.0 Å². The van der Waals surface area contributed by atoms with Gasteiger partial charge in [-0.05, 0) is 19.8 Å². The second kappa shape index (κ2) is 5.86. The maximum absolute atomic E-state index is 11.9. The van der Waals surface area contributed by atoms with Crippen molar-refractivity contribution in [3.05, 3.63) is 11.8 Å². The van der Waals surface area contributed by atoms with Crippen molar-refractivity contribution in [2.45, 2.75) is 33.1 Å². The number of anilines is 1. The first-order valence-corrected chi connectivity index (χ1v) is 6.63. The van der Waals surface area contributed by atoms with Crippen LogP contribution in [0.4, 0.5) is 5.82 Å². The van der Waals surface area contributed by atoms with E-state index in [-0.39, 0.29) is 23.7 Å². The smallest absolute Gasteiger partial charge is 0.229 e. The molecular weight excluding hydrogens is 246 g/mol. The van der Waals surface area contributed by atoms with Gasteiger partial charge in [-0.25, -0.2) is 0 Å². The van der Waals surface area contributed by atoms with Gasteiger partial charge in [0.1, 0.15) is 5.76 Å². The molecule has 2 unspecified atom stereocenters. The van der Waals surface area contributed by atoms with Gasteiger partial charge in [0.2, 0.25) is 11.8 Å². The minimum absolute atomic E-state index is 0.0232. The van der Waals surface area contributed by atoms with E-state index in [1.165, 1.54) is 0 Å². The van der Waals surface area contributed by atoms with E-state index in [1.807, 2.05) is 0 Å². The average Bonchev–Trinajstić information content (AvgIpc) is 3.08. The van der Waals surface area contributed by atoms with Gasteiger partial charge in [-0.15, -0.1) is 0 Å². The van der Waals surface area contributed by atoms with Crippen LogP contribution in [0.15, 0.2) is 10.6 Å². The molecule has 0 spiro atoms. The van der Waals surface area contributed by atoms with Crippen molar-refractivity contribution >= 4 is 17.6 Å². The minimum atomic E-state index is -0.237. The normalized spacial score (nSPS) is 20.9. The first-order chi connectivity index (χ1) is 9.11. The van der Waals surface area contributed by atoms with Crippen LogP contribution in [-0.4, -0.2) is 23.5 Å². The predicted octanol–water partition coefficient (Wildman–Crippen LogP) is 1.47. The van der Waals surface area contributed by atoms with E-state index >= 15 is 0 Å². The highest BCUT2D eigenvalue weighted by Gasteiger charge is 2.48. The van der Waals surface area contributed by atoms with Gasteiger partial charge in [-0.3, -0.25) is 9.59 Å². The first-order valence-electron chi connectivity index (χ1n) is 6.63. The molecule has 0 aromatic carbocycles. The van der Waals surface area contributed by atoms with Crippen LogP contribution in [0, 0.1) is 18.8 Å². The van der Waals surface area contributed by atoms with Crippen LogP contribution in [0.25, 0.3) is 0 Å². The molecular formula is C13H19N3O3. The molecule has 1 aliphatic rings. The Balaban J connectivity index is 1.75. The molecule has 6 nitrogen and oxygen atoms in total. The van der Waals surface area contributed by atoms with Gasteiger partial charge in [-0.2, -0.15) is 0 Å². The number of aromatic nitrogens is 1. The summed E-state index contributed by atoms with van der Waals surface area (Å²) in [7, 11) is 0. The number of nitrogens with one attached hydrogen (secondary N) is 2. The average molecular weight is 265 g/mol. The first kappa shape index (κ1) is 13.6. The maximum Gasteiger partial charge on any atom is 0.229 e. The molecule has 19 heavy (non-hydrogen) atoms. The number of amides is 2. The molecule has 1 aromatic heterocycles. The lowest BCUT2D eigenvalue weighted by Gasteiger charge is -2.03. The number of nitrogens with zero attached hydrogens (tertiary/aromatic N) is 1. The van der Waals surface area contributed by atoms with E-state index in [0.717, 1.165) is 12.8 Å². The Morgan fingerprint density at radius 3 is 2.79 bits per heavy atom. The molecule has 104 valence electrons. The molecule has 1 saturated carbocycles. The third-order valence-corrected chi connectivity index (χ3v) is 3.17. The lowest BCUT2D eigenvalue weighted by atomic mass is 10.2. The van der Waals surface area contributed by atoms with E-state index < -0.39 is 0 Å². The number of hydrogen-bond acceptors (Lipinski definition) is 4. The van der Waals surface area contributed by atoms with Crippen molar-refractivity contribution in [2.75, 3.05) is 11.9 Å². The van der Waals surface area contributed by atoms with Crippen LogP contribution >= 0.6 is 0 Å². The summed E-state index contributed by atoms with van der Waals surface area (Å²) < 4.78 is 4.86. The van der Waals surface area contributed by atoms with Crippen LogP contribution in [-0.2, 0) is 9.59 Å². The lowest BCUT2D eigenvalue weighted by Crippen LogP contribution is -2.28. The number of rotatable bonds is 6. The Bertz CT molecular complexity index is 469. The van der Waals surface area contributed by atoms with Gasteiger partial charge in [0, 0.05) is 12.6 Å². The van der Waals surface area contributed by atoms with Gasteiger partial charge >= 0.3 is 0 Å². The molecule has 1 fully saturated rings. The maximum atomic E-state index is 11.9. The zero-order valence-electron chi connectivity index (χ0n) is 11.2. The van der Waals surface area contributed by atoms with Gasteiger partial charge < -0.3 is 15.2 Å². The number of carbonyl (C=O) groups excluding carboxylic acids is 2. The van der Waals surface area contributed by atoms with Crippen molar-refractivity contribution in [1.29, 1.82) is 0 Å². The van der Waals surface area contributed by atoms with Crippen molar-refractivity contribution < 1.29 is 14.1 Å². The fourth-order valence-corrected chi connectivity index (χ4v) is 1.94. The largest absolute Gasteiger partial charge is 0.360 e. The summed E-state index contributed by atoms with van der Waals surface area (Å²) in [4.78, 5) is 23.6. The van der Waals surface area contributed by atoms with E-state index in [0.29, 0.717) is 24.5 Å². The van der Waals surface area contributed by atoms with Gasteiger partial charge in [0.25, 0.3) is 0 Å². The van der Waals surface area contributed by atoms with Gasteiger partial charge in [0.05, 0.1) is 11.8 Å². The highest BCUT2D eigenvalue weighted by Crippen LogP contribution is 2.39. The summed E-state index contributed by atoms with van der Waals surface area (Å²) in [5.41, 5.74) is 0. The Morgan fingerprint density at radius 1 is 1.42 bits per heavy atom. The molecule has 1 aromatic rings. The molecule has 2 N–H and O–H groups in total. The Kier molecular flexibility index (Phi) is 4.19. The molecule has 6 heteroatoms. The van der Waals surface area contributed by atoms with Crippen molar-refractivity contribution in [3.8, 4) is 0 Å². The summed E-state index contributed by atoms with van der Waals surface area (Å²) in [6.07, 6.45) is 2.62. The Labute approximate surface area is 111 Å². The zero-order chi connectivity index (χ0) is 13.8. The number of hydrogen-bond donors (Lipinski definition) is 2. The van der Waals surface area contributed by atoms with Gasteiger partial charge in [-0.1, -0.05) is 18.5 Å². The second-order valence-electron chi connectivity index (χ2n) is 4.91. The monoisotopic (exact) mass is 265 g/mol. The predicted molar refractivity (Wildman–Crippen MR) is 69.4 cm³/mol. The lowest BCUT2D eigenvalue weighted by molar-refractivity contribution is -0.125. The van der Waals surface area contributed by atoms with Crippen LogP contribution in [0.5, 0.6) is 0 Å². The topological polar surface area (TPSA) is 84.2 Å². The number of aryl methyl sites for hydroxylation is 1. The standard InChI is InChI=1S/C13H19N3O3/c1-3-4-5-14-12(17)9-7-10(9)13(18)15-11-6-8(2)19-16-11/h6,9-10H,3-5,7H2,1-2H3,(H,14,17)(H,15,16,18). The SMILES string of the molecule is CCCCNC(=O)C1CC1C(=O)Nc1cc(C)on1. The second-order valence-corrected chi connectivity index (χ2v) is 4.91. The number of carbonyl (C=O) groups is 2. The Morgan fingerprint density at radius 2 is 2.16 bits per heavy atom. The molecule has 0 bridgehead atoms. The highest BCUT2D eigenvalue weighted by molar-refractivity contribution is 5.98.